The van der Waals surface area contributed by atoms with Crippen molar-refractivity contribution in [1.82, 2.24) is 9.78 Å². The zero-order valence-electron chi connectivity index (χ0n) is 26.8. The standard InChI is InChI=1S/C15H21N3O.C6H8O7/c1-17(2)11-12-19-15(13-7-5-4-6-8-13)14-9-10-16-18(14)3;7-3(8)1-6(13,5(11)12)2-4(9)10/h4-10,15H,11-12H2,1-3H3;13H,1-2H2,(H,7,8)(H,9,10)(H,11,12)/i1D3,2D3,11D2,12D2;. The lowest BCUT2D eigenvalue weighted by atomic mass is 9.96. The molecule has 0 bridgehead atoms. The second-order valence-corrected chi connectivity index (χ2v) is 6.35. The largest absolute Gasteiger partial charge is 0.550 e. The molecule has 4 N–H and O–H groups in total. The van der Waals surface area contributed by atoms with Gasteiger partial charge in [-0.15, -0.1) is 0 Å². The third-order valence-corrected chi connectivity index (χ3v) is 3.86. The van der Waals surface area contributed by atoms with Crippen molar-refractivity contribution >= 4 is 17.9 Å². The van der Waals surface area contributed by atoms with E-state index < -0.39 is 74.4 Å². The number of likely N-dealkylation sites (N-methyl/N-ethyl adjacent to an activating group) is 1. The van der Waals surface area contributed by atoms with Crippen molar-refractivity contribution < 1.29 is 58.2 Å². The fraction of sp³-hybridized carbons (Fsp3) is 0.429. The Kier molecular flexibility index (Phi) is 5.77. The fourth-order valence-electron chi connectivity index (χ4n) is 2.41. The summed E-state index contributed by atoms with van der Waals surface area (Å²) in [6, 6.07) is 9.88. The van der Waals surface area contributed by atoms with E-state index in [0.29, 0.717) is 11.3 Å². The normalized spacial score (nSPS) is 19.8. The molecular formula is C21H29N3O8. The van der Waals surface area contributed by atoms with Gasteiger partial charge < -0.3 is 34.9 Å². The monoisotopic (exact) mass is 461 g/mol. The summed E-state index contributed by atoms with van der Waals surface area (Å²) in [5, 5.41) is 39.5. The Hall–Kier alpha value is -3.28. The van der Waals surface area contributed by atoms with E-state index in [1.807, 2.05) is 0 Å². The Morgan fingerprint density at radius 1 is 1.25 bits per heavy atom. The van der Waals surface area contributed by atoms with Crippen LogP contribution in [0.5, 0.6) is 0 Å². The summed E-state index contributed by atoms with van der Waals surface area (Å²) in [5.74, 6) is -5.34. The van der Waals surface area contributed by atoms with Crippen LogP contribution < -0.4 is 10.0 Å². The Morgan fingerprint density at radius 3 is 2.38 bits per heavy atom. The average molecular weight is 462 g/mol. The number of hydrogen-bond acceptors (Lipinski definition) is 7. The van der Waals surface area contributed by atoms with Crippen LogP contribution in [0.15, 0.2) is 42.6 Å². The number of aryl methyl sites for hydroxylation is 1. The molecule has 0 radical (unpaired) electrons. The van der Waals surface area contributed by atoms with Gasteiger partial charge in [0.05, 0.1) is 46.3 Å². The predicted octanol–water partition coefficient (Wildman–Crippen LogP) is -1.91. The molecule has 2 rings (SSSR count). The SMILES string of the molecule is O=C([O-])CC(O)(CC(=O)O)C(=O)O.[2H]C([2H])([2H])[NH+](C([2H])([2H])[2H])C([2H])([2H])C([2H])([2H])OC(c1ccccc1)c1ccnn1C. The highest BCUT2D eigenvalue weighted by Gasteiger charge is 2.38. The summed E-state index contributed by atoms with van der Waals surface area (Å²) in [4.78, 5) is 28.8. The molecule has 176 valence electrons. The first-order chi connectivity index (χ1) is 18.9. The Bertz CT molecular complexity index is 1200. The highest BCUT2D eigenvalue weighted by Crippen LogP contribution is 2.24. The smallest absolute Gasteiger partial charge is 0.336 e. The van der Waals surface area contributed by atoms with E-state index in [1.54, 1.807) is 43.4 Å². The first-order valence-electron chi connectivity index (χ1n) is 13.8. The quantitative estimate of drug-likeness (QED) is 0.298. The number of carbonyl (C=O) groups is 3. The maximum absolute atomic E-state index is 10.3. The van der Waals surface area contributed by atoms with Crippen LogP contribution in [0.3, 0.4) is 0 Å². The summed E-state index contributed by atoms with van der Waals surface area (Å²) in [6.07, 6.45) is -2.16. The Labute approximate surface area is 199 Å². The number of nitrogens with zero attached hydrogens (tertiary/aromatic N) is 2. The molecular weight excluding hydrogens is 422 g/mol. The first kappa shape index (κ1) is 14.7. The number of aromatic nitrogens is 2. The molecule has 0 fully saturated rings. The Morgan fingerprint density at radius 2 is 1.91 bits per heavy atom. The number of carboxylic acid groups (broad SMARTS) is 3. The number of quaternary nitrogens is 1. The van der Waals surface area contributed by atoms with Crippen molar-refractivity contribution in [1.29, 1.82) is 0 Å². The van der Waals surface area contributed by atoms with Gasteiger partial charge in [-0.2, -0.15) is 5.10 Å². The lowest BCUT2D eigenvalue weighted by molar-refractivity contribution is -0.858. The lowest BCUT2D eigenvalue weighted by Crippen LogP contribution is -3.06. The first-order valence-corrected chi connectivity index (χ1v) is 8.83. The maximum Gasteiger partial charge on any atom is 0.336 e. The van der Waals surface area contributed by atoms with Crippen LogP contribution in [0.2, 0.25) is 0 Å². The van der Waals surface area contributed by atoms with Gasteiger partial charge >= 0.3 is 11.9 Å². The molecule has 2 aromatic rings. The van der Waals surface area contributed by atoms with E-state index >= 15 is 0 Å². The van der Waals surface area contributed by atoms with Crippen molar-refractivity contribution in [2.45, 2.75) is 24.5 Å². The maximum atomic E-state index is 10.3. The zero-order chi connectivity index (χ0) is 32.9. The van der Waals surface area contributed by atoms with Crippen LogP contribution in [0.25, 0.3) is 0 Å². The van der Waals surface area contributed by atoms with E-state index in [2.05, 4.69) is 5.10 Å². The van der Waals surface area contributed by atoms with Crippen LogP contribution in [-0.4, -0.2) is 75.6 Å². The number of carboxylic acids is 3. The van der Waals surface area contributed by atoms with Gasteiger partial charge in [0.1, 0.15) is 12.6 Å². The molecule has 11 heteroatoms. The number of rotatable bonds is 11. The highest BCUT2D eigenvalue weighted by molar-refractivity contribution is 5.87. The van der Waals surface area contributed by atoms with Crippen LogP contribution in [0.4, 0.5) is 0 Å². The molecule has 11 nitrogen and oxygen atoms in total. The summed E-state index contributed by atoms with van der Waals surface area (Å²) < 4.78 is 84.2. The zero-order valence-corrected chi connectivity index (χ0v) is 16.8. The molecule has 0 amide bonds. The van der Waals surface area contributed by atoms with Crippen molar-refractivity contribution in [2.24, 2.45) is 7.05 Å². The number of carbonyl (C=O) groups excluding carboxylic acids is 1. The average Bonchev–Trinajstić information content (AvgIpc) is 3.20. The van der Waals surface area contributed by atoms with Crippen molar-refractivity contribution in [3.63, 3.8) is 0 Å². The molecule has 0 saturated heterocycles. The van der Waals surface area contributed by atoms with Gasteiger partial charge in [-0.1, -0.05) is 30.3 Å². The van der Waals surface area contributed by atoms with Gasteiger partial charge in [0, 0.05) is 25.6 Å². The summed E-state index contributed by atoms with van der Waals surface area (Å²) >= 11 is 0. The summed E-state index contributed by atoms with van der Waals surface area (Å²) in [5.41, 5.74) is -1.97. The van der Waals surface area contributed by atoms with Crippen molar-refractivity contribution in [3.8, 4) is 0 Å². The molecule has 0 spiro atoms. The van der Waals surface area contributed by atoms with Gasteiger partial charge in [-0.3, -0.25) is 9.48 Å². The van der Waals surface area contributed by atoms with Gasteiger partial charge in [0.15, 0.2) is 5.60 Å². The molecule has 0 aliphatic rings. The lowest BCUT2D eigenvalue weighted by Gasteiger charge is -2.21. The minimum Gasteiger partial charge on any atom is -0.550 e. The number of benzene rings is 1. The van der Waals surface area contributed by atoms with Gasteiger partial charge in [0.25, 0.3) is 0 Å². The number of ether oxygens (including phenoxy) is 1. The predicted molar refractivity (Wildman–Crippen MR) is 110 cm³/mol. The van der Waals surface area contributed by atoms with Gasteiger partial charge in [0.2, 0.25) is 0 Å². The van der Waals surface area contributed by atoms with E-state index in [4.69, 9.17) is 33.8 Å². The Balaban J connectivity index is 0.000000572. The second-order valence-electron chi connectivity index (χ2n) is 6.35. The highest BCUT2D eigenvalue weighted by atomic mass is 16.5. The number of nitrogens with one attached hydrogen (secondary N) is 1. The number of aliphatic carboxylic acids is 3. The molecule has 1 heterocycles. The molecule has 32 heavy (non-hydrogen) atoms. The molecule has 0 aliphatic heterocycles. The fourth-order valence-corrected chi connectivity index (χ4v) is 2.41. The molecule has 0 saturated carbocycles. The third-order valence-electron chi connectivity index (χ3n) is 3.86. The molecule has 2 atom stereocenters. The van der Waals surface area contributed by atoms with Gasteiger partial charge in [-0.05, 0) is 11.6 Å². The van der Waals surface area contributed by atoms with E-state index in [-0.39, 0.29) is 0 Å². The third kappa shape index (κ3) is 8.84. The van der Waals surface area contributed by atoms with E-state index in [1.165, 1.54) is 10.9 Å². The van der Waals surface area contributed by atoms with E-state index in [9.17, 15) is 19.5 Å². The molecule has 0 aliphatic carbocycles. The van der Waals surface area contributed by atoms with Crippen molar-refractivity contribution in [2.75, 3.05) is 27.0 Å². The van der Waals surface area contributed by atoms with Crippen LogP contribution in [0.1, 0.15) is 43.9 Å². The minimum absolute atomic E-state index is 0.375. The summed E-state index contributed by atoms with van der Waals surface area (Å²) in [7, 11) is 1.58. The molecule has 2 unspecified atom stereocenters. The van der Waals surface area contributed by atoms with Gasteiger partial charge in [-0.25, -0.2) is 4.79 Å². The molecule has 1 aromatic carbocycles. The number of aliphatic hydroxyl groups is 1. The van der Waals surface area contributed by atoms with Crippen molar-refractivity contribution in [3.05, 3.63) is 53.9 Å². The summed E-state index contributed by atoms with van der Waals surface area (Å²) in [6.45, 7) is -13.5. The molecule has 1 aromatic heterocycles. The minimum atomic E-state index is -3.45. The van der Waals surface area contributed by atoms with E-state index in [0.717, 1.165) is 0 Å². The van der Waals surface area contributed by atoms with Crippen LogP contribution in [0, 0.1) is 0 Å². The van der Waals surface area contributed by atoms with Crippen LogP contribution in [-0.2, 0) is 26.2 Å². The second kappa shape index (κ2) is 12.5. The number of hydrogen-bond donors (Lipinski definition) is 4. The topological polar surface area (TPSA) is 166 Å². The van der Waals surface area contributed by atoms with Crippen LogP contribution >= 0.6 is 0 Å².